The second-order valence-corrected chi connectivity index (χ2v) is 8.46. The number of aromatic nitrogens is 3. The number of halogens is 1. The lowest BCUT2D eigenvalue weighted by Gasteiger charge is -2.23. The van der Waals surface area contributed by atoms with Gasteiger partial charge in [0.1, 0.15) is 29.1 Å². The Morgan fingerprint density at radius 1 is 1.23 bits per heavy atom. The lowest BCUT2D eigenvalue weighted by atomic mass is 10.1. The minimum atomic E-state index is -0.368. The number of aryl methyl sites for hydroxylation is 1. The van der Waals surface area contributed by atoms with Gasteiger partial charge < -0.3 is 20.4 Å². The lowest BCUT2D eigenvalue weighted by Crippen LogP contribution is -2.42. The Morgan fingerprint density at radius 3 is 2.81 bits per heavy atom. The third kappa shape index (κ3) is 4.12. The van der Waals surface area contributed by atoms with Crippen molar-refractivity contribution in [2.45, 2.75) is 38.6 Å². The molecule has 162 valence electrons. The molecule has 5 rings (SSSR count). The van der Waals surface area contributed by atoms with Gasteiger partial charge in [-0.15, -0.1) is 0 Å². The third-order valence-electron chi connectivity index (χ3n) is 6.04. The molecule has 0 spiro atoms. The van der Waals surface area contributed by atoms with Crippen molar-refractivity contribution in [1.29, 1.82) is 0 Å². The van der Waals surface area contributed by atoms with E-state index in [0.717, 1.165) is 25.9 Å². The average Bonchev–Trinajstić information content (AvgIpc) is 3.53. The van der Waals surface area contributed by atoms with Crippen molar-refractivity contribution in [3.8, 4) is 17.0 Å². The fourth-order valence-electron chi connectivity index (χ4n) is 4.13. The van der Waals surface area contributed by atoms with Crippen LogP contribution in [-0.4, -0.2) is 46.6 Å². The van der Waals surface area contributed by atoms with Crippen LogP contribution in [0, 0.1) is 18.7 Å². The minimum absolute atomic E-state index is 0.144. The first-order valence-corrected chi connectivity index (χ1v) is 10.9. The van der Waals surface area contributed by atoms with E-state index in [1.807, 2.05) is 6.92 Å². The summed E-state index contributed by atoms with van der Waals surface area (Å²) in [6.07, 6.45) is 5.55. The van der Waals surface area contributed by atoms with Gasteiger partial charge in [-0.2, -0.15) is 0 Å². The number of hydrogen-bond donors (Lipinski definition) is 3. The fourth-order valence-corrected chi connectivity index (χ4v) is 4.13. The van der Waals surface area contributed by atoms with Crippen LogP contribution >= 0.6 is 0 Å². The molecule has 8 heteroatoms. The maximum absolute atomic E-state index is 14.1. The predicted octanol–water partition coefficient (Wildman–Crippen LogP) is 3.34. The highest BCUT2D eigenvalue weighted by Gasteiger charge is 2.25. The lowest BCUT2D eigenvalue weighted by molar-refractivity contribution is 0.0930. The summed E-state index contributed by atoms with van der Waals surface area (Å²) >= 11 is 0. The molecule has 1 saturated carbocycles. The van der Waals surface area contributed by atoms with Gasteiger partial charge in [0.15, 0.2) is 0 Å². The van der Waals surface area contributed by atoms with Crippen LogP contribution in [0.1, 0.15) is 41.7 Å². The first kappa shape index (κ1) is 19.9. The van der Waals surface area contributed by atoms with Gasteiger partial charge in [0, 0.05) is 17.3 Å². The van der Waals surface area contributed by atoms with Crippen molar-refractivity contribution >= 4 is 16.9 Å². The van der Waals surface area contributed by atoms with Crippen molar-refractivity contribution in [3.05, 3.63) is 41.6 Å². The smallest absolute Gasteiger partial charge is 0.255 e. The van der Waals surface area contributed by atoms with Gasteiger partial charge in [-0.25, -0.2) is 14.4 Å². The first-order chi connectivity index (χ1) is 15.1. The topological polar surface area (TPSA) is 91.9 Å². The molecule has 1 aromatic carbocycles. The van der Waals surface area contributed by atoms with Crippen molar-refractivity contribution < 1.29 is 13.9 Å². The van der Waals surface area contributed by atoms with E-state index >= 15 is 0 Å². The monoisotopic (exact) mass is 423 g/mol. The number of nitrogens with zero attached hydrogens (tertiary/aromatic N) is 2. The summed E-state index contributed by atoms with van der Waals surface area (Å²) in [6.45, 7) is 4.25. The maximum Gasteiger partial charge on any atom is 0.255 e. The van der Waals surface area contributed by atoms with Gasteiger partial charge >= 0.3 is 0 Å². The normalized spacial score (nSPS) is 17.1. The quantitative estimate of drug-likeness (QED) is 0.566. The van der Waals surface area contributed by atoms with Crippen LogP contribution in [-0.2, 0) is 0 Å². The fraction of sp³-hybridized carbons (Fsp3) is 0.435. The van der Waals surface area contributed by atoms with E-state index in [9.17, 15) is 9.18 Å². The molecule has 1 aliphatic heterocycles. The molecule has 3 heterocycles. The number of H-pyrrole nitrogens is 1. The molecule has 3 N–H and O–H groups in total. The van der Waals surface area contributed by atoms with Gasteiger partial charge in [0.05, 0.1) is 17.7 Å². The molecule has 2 aliphatic rings. The highest BCUT2D eigenvalue weighted by Crippen LogP contribution is 2.36. The molecule has 0 radical (unpaired) electrons. The molecule has 2 fully saturated rings. The molecule has 1 aliphatic carbocycles. The van der Waals surface area contributed by atoms with E-state index in [4.69, 9.17) is 4.74 Å². The molecule has 1 amide bonds. The first-order valence-electron chi connectivity index (χ1n) is 10.9. The van der Waals surface area contributed by atoms with E-state index in [1.165, 1.54) is 31.3 Å². The van der Waals surface area contributed by atoms with Gasteiger partial charge in [0.2, 0.25) is 0 Å². The summed E-state index contributed by atoms with van der Waals surface area (Å²) in [6, 6.07) is 4.60. The van der Waals surface area contributed by atoms with Crippen LogP contribution in [0.5, 0.6) is 5.75 Å². The van der Waals surface area contributed by atoms with Crippen LogP contribution in [0.15, 0.2) is 24.5 Å². The van der Waals surface area contributed by atoms with Gasteiger partial charge in [-0.3, -0.25) is 4.79 Å². The van der Waals surface area contributed by atoms with Crippen molar-refractivity contribution in [1.82, 2.24) is 25.6 Å². The highest BCUT2D eigenvalue weighted by molar-refractivity contribution is 6.09. The summed E-state index contributed by atoms with van der Waals surface area (Å²) in [5.41, 5.74) is 3.44. The van der Waals surface area contributed by atoms with E-state index in [0.29, 0.717) is 51.8 Å². The summed E-state index contributed by atoms with van der Waals surface area (Å²) in [7, 11) is 0. The number of amides is 1. The number of carbonyl (C=O) groups is 1. The van der Waals surface area contributed by atoms with Gasteiger partial charge in [-0.1, -0.05) is 0 Å². The Hall–Kier alpha value is -3.00. The molecule has 2 aromatic heterocycles. The zero-order chi connectivity index (χ0) is 21.4. The van der Waals surface area contributed by atoms with Crippen molar-refractivity contribution in [2.24, 2.45) is 5.92 Å². The van der Waals surface area contributed by atoms with E-state index in [1.54, 1.807) is 6.07 Å². The minimum Gasteiger partial charge on any atom is -0.493 e. The Labute approximate surface area is 179 Å². The number of hydrogen-bond acceptors (Lipinski definition) is 5. The zero-order valence-electron chi connectivity index (χ0n) is 17.5. The van der Waals surface area contributed by atoms with E-state index in [2.05, 4.69) is 25.6 Å². The number of piperidine rings is 1. The predicted molar refractivity (Wildman–Crippen MR) is 116 cm³/mol. The van der Waals surface area contributed by atoms with E-state index < -0.39 is 0 Å². The van der Waals surface area contributed by atoms with Crippen LogP contribution in [0.3, 0.4) is 0 Å². The number of fused-ring (bicyclic) bond motifs is 1. The number of aromatic amines is 1. The molecule has 0 bridgehead atoms. The summed E-state index contributed by atoms with van der Waals surface area (Å²) in [5, 5.41) is 6.43. The number of ether oxygens (including phenoxy) is 1. The van der Waals surface area contributed by atoms with Crippen LogP contribution in [0.25, 0.3) is 22.3 Å². The summed E-state index contributed by atoms with van der Waals surface area (Å²) < 4.78 is 20.1. The second kappa shape index (κ2) is 8.26. The molecule has 3 aromatic rings. The SMILES string of the molecule is Cc1[nH]c2c(-c3cc(F)ccc3OCC3CC3)ncnc2c1C(=O)NC1CCNCC1. The Kier molecular flexibility index (Phi) is 5.31. The Morgan fingerprint density at radius 2 is 2.03 bits per heavy atom. The van der Waals surface area contributed by atoms with Crippen molar-refractivity contribution in [2.75, 3.05) is 19.7 Å². The van der Waals surface area contributed by atoms with Crippen LogP contribution in [0.4, 0.5) is 4.39 Å². The molecule has 1 saturated heterocycles. The average molecular weight is 423 g/mol. The van der Waals surface area contributed by atoms with Crippen molar-refractivity contribution in [3.63, 3.8) is 0 Å². The Bertz CT molecular complexity index is 1120. The second-order valence-electron chi connectivity index (χ2n) is 8.46. The summed E-state index contributed by atoms with van der Waals surface area (Å²) in [5.74, 6) is 0.639. The van der Waals surface area contributed by atoms with Crippen LogP contribution in [0.2, 0.25) is 0 Å². The summed E-state index contributed by atoms with van der Waals surface area (Å²) in [4.78, 5) is 25.1. The maximum atomic E-state index is 14.1. The van der Waals surface area contributed by atoms with Gasteiger partial charge in [0.25, 0.3) is 5.91 Å². The molecule has 7 nitrogen and oxygen atoms in total. The number of carbonyl (C=O) groups excluding carboxylic acids is 1. The molecule has 0 unspecified atom stereocenters. The standard InChI is InChI=1S/C23H26FN5O2/c1-13-19(23(30)29-16-6-8-25-9-7-16)21-22(28-13)20(26-12-27-21)17-10-15(24)4-5-18(17)31-11-14-2-3-14/h4-5,10,12,14,16,25,28H,2-3,6-9,11H2,1H3,(H,29,30). The van der Waals surface area contributed by atoms with Gasteiger partial charge in [-0.05, 0) is 69.8 Å². The molecular weight excluding hydrogens is 397 g/mol. The third-order valence-corrected chi connectivity index (χ3v) is 6.04. The van der Waals surface area contributed by atoms with E-state index in [-0.39, 0.29) is 17.8 Å². The molecular formula is C23H26FN5O2. The Balaban J connectivity index is 1.52. The zero-order valence-corrected chi connectivity index (χ0v) is 17.5. The molecule has 0 atom stereocenters. The number of benzene rings is 1. The largest absolute Gasteiger partial charge is 0.493 e. The molecule has 31 heavy (non-hydrogen) atoms. The number of rotatable bonds is 6. The highest BCUT2D eigenvalue weighted by atomic mass is 19.1. The van der Waals surface area contributed by atoms with Crippen LogP contribution < -0.4 is 15.4 Å². The number of nitrogens with one attached hydrogen (secondary N) is 3.